The lowest BCUT2D eigenvalue weighted by molar-refractivity contribution is 0.221. The van der Waals surface area contributed by atoms with Gasteiger partial charge in [0.25, 0.3) is 0 Å². The van der Waals surface area contributed by atoms with Crippen LogP contribution in [0.3, 0.4) is 0 Å². The lowest BCUT2D eigenvalue weighted by Gasteiger charge is -2.32. The van der Waals surface area contributed by atoms with Gasteiger partial charge in [0.15, 0.2) is 0 Å². The smallest absolute Gasteiger partial charge is 0.140 e. The lowest BCUT2D eigenvalue weighted by Crippen LogP contribution is -2.22. The summed E-state index contributed by atoms with van der Waals surface area (Å²) >= 11 is 0. The fourth-order valence-electron chi connectivity index (χ4n) is 2.61. The minimum absolute atomic E-state index is 0.374. The number of allylic oxidation sites excluding steroid dienone is 2. The monoisotopic (exact) mass is 268 g/mol. The first kappa shape index (κ1) is 14.9. The predicted molar refractivity (Wildman–Crippen MR) is 84.1 cm³/mol. The van der Waals surface area contributed by atoms with Crippen LogP contribution >= 0.6 is 0 Å². The molecular weight excluding hydrogens is 244 g/mol. The second-order valence-electron chi connectivity index (χ2n) is 6.65. The third kappa shape index (κ3) is 3.99. The summed E-state index contributed by atoms with van der Waals surface area (Å²) in [6, 6.07) is 9.61. The summed E-state index contributed by atoms with van der Waals surface area (Å²) in [7, 11) is 0. The van der Waals surface area contributed by atoms with Crippen molar-refractivity contribution >= 4 is 0 Å². The maximum Gasteiger partial charge on any atom is 0.140 e. The van der Waals surface area contributed by atoms with Crippen LogP contribution < -0.4 is 0 Å². The zero-order valence-electron chi connectivity index (χ0n) is 12.7. The average molecular weight is 268 g/mol. The van der Waals surface area contributed by atoms with Crippen molar-refractivity contribution in [2.45, 2.75) is 46.1 Å². The number of rotatable bonds is 1. The SMILES string of the molecule is CC(C)(C)C1CC=C(C#CC(O)c2ccccc2)CC1. The highest BCUT2D eigenvalue weighted by atomic mass is 16.3. The van der Waals surface area contributed by atoms with E-state index in [0.717, 1.165) is 24.3 Å². The summed E-state index contributed by atoms with van der Waals surface area (Å²) in [5, 5.41) is 10.0. The first-order chi connectivity index (χ1) is 9.47. The van der Waals surface area contributed by atoms with Crippen LogP contribution in [0.15, 0.2) is 42.0 Å². The molecule has 2 rings (SSSR count). The van der Waals surface area contributed by atoms with Crippen LogP contribution in [-0.2, 0) is 0 Å². The third-order valence-electron chi connectivity index (χ3n) is 4.12. The number of hydrogen-bond acceptors (Lipinski definition) is 1. The summed E-state index contributed by atoms with van der Waals surface area (Å²) in [6.07, 6.45) is 4.92. The van der Waals surface area contributed by atoms with Crippen molar-refractivity contribution in [1.29, 1.82) is 0 Å². The van der Waals surface area contributed by atoms with Crippen molar-refractivity contribution in [2.75, 3.05) is 0 Å². The van der Waals surface area contributed by atoms with Gasteiger partial charge in [0, 0.05) is 0 Å². The predicted octanol–water partition coefficient (Wildman–Crippen LogP) is 4.50. The highest BCUT2D eigenvalue weighted by molar-refractivity contribution is 5.34. The Hall–Kier alpha value is -1.52. The lowest BCUT2D eigenvalue weighted by atomic mass is 9.73. The maximum atomic E-state index is 10.0. The van der Waals surface area contributed by atoms with Crippen LogP contribution in [0.2, 0.25) is 0 Å². The number of benzene rings is 1. The summed E-state index contributed by atoms with van der Waals surface area (Å²) in [5.41, 5.74) is 2.42. The van der Waals surface area contributed by atoms with Gasteiger partial charge in [0.1, 0.15) is 6.10 Å². The van der Waals surface area contributed by atoms with Gasteiger partial charge in [-0.25, -0.2) is 0 Å². The van der Waals surface area contributed by atoms with Gasteiger partial charge in [-0.1, -0.05) is 69.0 Å². The second kappa shape index (κ2) is 6.29. The maximum absolute atomic E-state index is 10.0. The minimum atomic E-state index is -0.683. The van der Waals surface area contributed by atoms with E-state index in [1.165, 1.54) is 12.0 Å². The van der Waals surface area contributed by atoms with Crippen molar-refractivity contribution in [3.05, 3.63) is 47.5 Å². The molecule has 1 N–H and O–H groups in total. The summed E-state index contributed by atoms with van der Waals surface area (Å²) in [6.45, 7) is 6.92. The van der Waals surface area contributed by atoms with Crippen LogP contribution in [0.5, 0.6) is 0 Å². The molecule has 0 aliphatic heterocycles. The molecule has 1 aliphatic rings. The van der Waals surface area contributed by atoms with Gasteiger partial charge in [-0.3, -0.25) is 0 Å². The molecule has 1 nitrogen and oxygen atoms in total. The second-order valence-corrected chi connectivity index (χ2v) is 6.65. The molecule has 0 radical (unpaired) electrons. The molecule has 1 aromatic rings. The van der Waals surface area contributed by atoms with E-state index < -0.39 is 6.10 Å². The molecule has 1 aromatic carbocycles. The Morgan fingerprint density at radius 2 is 1.90 bits per heavy atom. The van der Waals surface area contributed by atoms with E-state index in [1.807, 2.05) is 30.3 Å². The first-order valence-corrected chi connectivity index (χ1v) is 7.40. The summed E-state index contributed by atoms with van der Waals surface area (Å²) in [5.74, 6) is 6.86. The Kier molecular flexibility index (Phi) is 4.68. The highest BCUT2D eigenvalue weighted by Gasteiger charge is 2.25. The zero-order valence-corrected chi connectivity index (χ0v) is 12.7. The topological polar surface area (TPSA) is 20.2 Å². The molecule has 0 saturated carbocycles. The van der Waals surface area contributed by atoms with E-state index in [0.29, 0.717) is 5.41 Å². The number of aliphatic hydroxyl groups is 1. The van der Waals surface area contributed by atoms with Gasteiger partial charge in [0.2, 0.25) is 0 Å². The van der Waals surface area contributed by atoms with Gasteiger partial charge in [-0.15, -0.1) is 0 Å². The van der Waals surface area contributed by atoms with E-state index in [2.05, 4.69) is 38.7 Å². The molecule has 2 unspecified atom stereocenters. The molecule has 0 amide bonds. The molecule has 0 saturated heterocycles. The van der Waals surface area contributed by atoms with Gasteiger partial charge < -0.3 is 5.11 Å². The van der Waals surface area contributed by atoms with E-state index >= 15 is 0 Å². The normalized spacial score (nSPS) is 20.6. The Balaban J connectivity index is 1.99. The van der Waals surface area contributed by atoms with E-state index in [9.17, 15) is 5.11 Å². The molecular formula is C19H24O. The largest absolute Gasteiger partial charge is 0.376 e. The van der Waals surface area contributed by atoms with Crippen molar-refractivity contribution in [3.63, 3.8) is 0 Å². The molecule has 0 aromatic heterocycles. The Labute approximate surface area is 122 Å². The van der Waals surface area contributed by atoms with Crippen LogP contribution in [0.1, 0.15) is 51.7 Å². The first-order valence-electron chi connectivity index (χ1n) is 7.40. The third-order valence-corrected chi connectivity index (χ3v) is 4.12. The standard InChI is InChI=1S/C19H24O/c1-19(2,3)17-12-9-15(10-13-17)11-14-18(20)16-7-5-4-6-8-16/h4-9,17-18,20H,10,12-13H2,1-3H3. The molecule has 1 heteroatoms. The highest BCUT2D eigenvalue weighted by Crippen LogP contribution is 2.36. The van der Waals surface area contributed by atoms with E-state index in [-0.39, 0.29) is 0 Å². The van der Waals surface area contributed by atoms with Crippen molar-refractivity contribution < 1.29 is 5.11 Å². The number of hydrogen-bond donors (Lipinski definition) is 1. The Morgan fingerprint density at radius 3 is 2.45 bits per heavy atom. The molecule has 0 spiro atoms. The van der Waals surface area contributed by atoms with E-state index in [4.69, 9.17) is 0 Å². The minimum Gasteiger partial charge on any atom is -0.376 e. The molecule has 2 atom stereocenters. The van der Waals surface area contributed by atoms with Crippen molar-refractivity contribution in [3.8, 4) is 11.8 Å². The van der Waals surface area contributed by atoms with Crippen LogP contribution in [0.4, 0.5) is 0 Å². The molecule has 20 heavy (non-hydrogen) atoms. The van der Waals surface area contributed by atoms with E-state index in [1.54, 1.807) is 0 Å². The molecule has 0 bridgehead atoms. The van der Waals surface area contributed by atoms with Crippen LogP contribution in [-0.4, -0.2) is 5.11 Å². The molecule has 0 heterocycles. The van der Waals surface area contributed by atoms with Crippen LogP contribution in [0.25, 0.3) is 0 Å². The molecule has 1 aliphatic carbocycles. The Morgan fingerprint density at radius 1 is 1.20 bits per heavy atom. The van der Waals surface area contributed by atoms with Gasteiger partial charge in [0.05, 0.1) is 0 Å². The quantitative estimate of drug-likeness (QED) is 0.744. The summed E-state index contributed by atoms with van der Waals surface area (Å²) < 4.78 is 0. The van der Waals surface area contributed by atoms with Crippen molar-refractivity contribution in [2.24, 2.45) is 11.3 Å². The van der Waals surface area contributed by atoms with Gasteiger partial charge in [-0.05, 0) is 41.7 Å². The van der Waals surface area contributed by atoms with Crippen LogP contribution in [0, 0.1) is 23.2 Å². The van der Waals surface area contributed by atoms with Gasteiger partial charge >= 0.3 is 0 Å². The van der Waals surface area contributed by atoms with Gasteiger partial charge in [-0.2, -0.15) is 0 Å². The molecule has 0 fully saturated rings. The number of aliphatic hydroxyl groups excluding tert-OH is 1. The summed E-state index contributed by atoms with van der Waals surface area (Å²) in [4.78, 5) is 0. The fourth-order valence-corrected chi connectivity index (χ4v) is 2.61. The fraction of sp³-hybridized carbons (Fsp3) is 0.474. The Bertz CT molecular complexity index is 522. The zero-order chi connectivity index (χ0) is 14.6. The molecule has 106 valence electrons. The van der Waals surface area contributed by atoms with Crippen molar-refractivity contribution in [1.82, 2.24) is 0 Å². The average Bonchev–Trinajstić information content (AvgIpc) is 2.45.